The number of carbonyl (C=O) groups is 1. The fraction of sp³-hybridized carbons (Fsp3) is 0.333. The standard InChI is InChI=1S/C21H22ClN3O3/c1-27-17-7-9-24(10-8-17)21(26)15-5-3-14(4-6-15)16-11-19(28-2)20-18(22)12-23-25(20)13-16/h3-6,11-13,17H,7-10H2,1-2H3. The van der Waals surface area contributed by atoms with Gasteiger partial charge in [0.25, 0.3) is 5.91 Å². The fourth-order valence-corrected chi connectivity index (χ4v) is 3.87. The second-order valence-electron chi connectivity index (χ2n) is 6.89. The summed E-state index contributed by atoms with van der Waals surface area (Å²) in [7, 11) is 3.33. The third kappa shape index (κ3) is 3.45. The van der Waals surface area contributed by atoms with Crippen LogP contribution in [-0.2, 0) is 4.74 Å². The van der Waals surface area contributed by atoms with Crippen LogP contribution >= 0.6 is 11.6 Å². The SMILES string of the molecule is COc1cc(-c2ccc(C(=O)N3CCC(OC)CC3)cc2)cn2ncc(Cl)c12. The maximum Gasteiger partial charge on any atom is 0.253 e. The number of amides is 1. The molecule has 0 atom stereocenters. The largest absolute Gasteiger partial charge is 0.494 e. The number of fused-ring (bicyclic) bond motifs is 1. The van der Waals surface area contributed by atoms with E-state index in [0.717, 1.165) is 42.6 Å². The van der Waals surface area contributed by atoms with Crippen molar-refractivity contribution in [3.05, 3.63) is 53.3 Å². The van der Waals surface area contributed by atoms with Crippen LogP contribution in [0.1, 0.15) is 23.2 Å². The van der Waals surface area contributed by atoms with Crippen molar-refractivity contribution < 1.29 is 14.3 Å². The van der Waals surface area contributed by atoms with Crippen LogP contribution in [0.15, 0.2) is 42.7 Å². The molecule has 0 N–H and O–H groups in total. The molecule has 1 saturated heterocycles. The molecule has 1 amide bonds. The number of hydrogen-bond donors (Lipinski definition) is 0. The van der Waals surface area contributed by atoms with Crippen LogP contribution in [0.5, 0.6) is 5.75 Å². The predicted octanol–water partition coefficient (Wildman–Crippen LogP) is 3.91. The smallest absolute Gasteiger partial charge is 0.253 e. The van der Waals surface area contributed by atoms with Crippen LogP contribution in [-0.4, -0.2) is 53.8 Å². The van der Waals surface area contributed by atoms with E-state index in [1.54, 1.807) is 24.9 Å². The molecule has 1 fully saturated rings. The minimum atomic E-state index is 0.0630. The van der Waals surface area contributed by atoms with E-state index >= 15 is 0 Å². The molecule has 3 heterocycles. The van der Waals surface area contributed by atoms with E-state index in [-0.39, 0.29) is 12.0 Å². The number of hydrogen-bond acceptors (Lipinski definition) is 4. The predicted molar refractivity (Wildman–Crippen MR) is 108 cm³/mol. The summed E-state index contributed by atoms with van der Waals surface area (Å²) in [6.45, 7) is 1.46. The average Bonchev–Trinajstić information content (AvgIpc) is 3.13. The normalized spacial score (nSPS) is 15.2. The van der Waals surface area contributed by atoms with Gasteiger partial charge >= 0.3 is 0 Å². The lowest BCUT2D eigenvalue weighted by Gasteiger charge is -2.31. The molecule has 28 heavy (non-hydrogen) atoms. The first-order chi connectivity index (χ1) is 13.6. The molecule has 1 aromatic carbocycles. The van der Waals surface area contributed by atoms with Crippen molar-refractivity contribution in [1.82, 2.24) is 14.5 Å². The molecule has 2 aromatic heterocycles. The molecule has 0 radical (unpaired) electrons. The zero-order valence-electron chi connectivity index (χ0n) is 15.9. The van der Waals surface area contributed by atoms with E-state index in [1.807, 2.05) is 41.4 Å². The number of halogens is 1. The second kappa shape index (κ2) is 7.81. The number of carbonyl (C=O) groups excluding carboxylic acids is 1. The average molecular weight is 400 g/mol. The van der Waals surface area contributed by atoms with Gasteiger partial charge in [0.1, 0.15) is 11.3 Å². The molecule has 1 aliphatic heterocycles. The van der Waals surface area contributed by atoms with Crippen LogP contribution in [0.3, 0.4) is 0 Å². The maximum atomic E-state index is 12.8. The van der Waals surface area contributed by atoms with Gasteiger partial charge in [0.2, 0.25) is 0 Å². The van der Waals surface area contributed by atoms with Gasteiger partial charge in [-0.3, -0.25) is 4.79 Å². The summed E-state index contributed by atoms with van der Waals surface area (Å²) in [6, 6.07) is 9.55. The number of aromatic nitrogens is 2. The highest BCUT2D eigenvalue weighted by molar-refractivity contribution is 6.34. The van der Waals surface area contributed by atoms with E-state index in [9.17, 15) is 4.79 Å². The Morgan fingerprint density at radius 3 is 2.50 bits per heavy atom. The van der Waals surface area contributed by atoms with Gasteiger partial charge in [-0.25, -0.2) is 4.52 Å². The summed E-state index contributed by atoms with van der Waals surface area (Å²) in [6.07, 6.45) is 5.51. The molecule has 0 aliphatic carbocycles. The Hall–Kier alpha value is -2.57. The molecule has 3 aromatic rings. The number of pyridine rings is 1. The van der Waals surface area contributed by atoms with Crippen LogP contribution in [0.2, 0.25) is 5.02 Å². The number of methoxy groups -OCH3 is 2. The van der Waals surface area contributed by atoms with Crippen molar-refractivity contribution in [3.8, 4) is 16.9 Å². The van der Waals surface area contributed by atoms with Gasteiger partial charge < -0.3 is 14.4 Å². The van der Waals surface area contributed by atoms with E-state index in [0.29, 0.717) is 16.3 Å². The van der Waals surface area contributed by atoms with Gasteiger partial charge in [0.15, 0.2) is 0 Å². The number of rotatable bonds is 4. The molecule has 146 valence electrons. The van der Waals surface area contributed by atoms with E-state index in [4.69, 9.17) is 21.1 Å². The van der Waals surface area contributed by atoms with E-state index in [2.05, 4.69) is 5.10 Å². The van der Waals surface area contributed by atoms with Crippen molar-refractivity contribution >= 4 is 23.0 Å². The molecule has 0 saturated carbocycles. The van der Waals surface area contributed by atoms with Crippen molar-refractivity contribution in [3.63, 3.8) is 0 Å². The zero-order chi connectivity index (χ0) is 19.7. The van der Waals surface area contributed by atoms with Crippen molar-refractivity contribution in [1.29, 1.82) is 0 Å². The van der Waals surface area contributed by atoms with Gasteiger partial charge in [0.05, 0.1) is 24.4 Å². The number of ether oxygens (including phenoxy) is 2. The van der Waals surface area contributed by atoms with Crippen molar-refractivity contribution in [2.24, 2.45) is 0 Å². The maximum absolute atomic E-state index is 12.8. The quantitative estimate of drug-likeness (QED) is 0.667. The van der Waals surface area contributed by atoms with Crippen molar-refractivity contribution in [2.45, 2.75) is 18.9 Å². The monoisotopic (exact) mass is 399 g/mol. The molecular formula is C21H22ClN3O3. The van der Waals surface area contributed by atoms with Crippen LogP contribution in [0, 0.1) is 0 Å². The van der Waals surface area contributed by atoms with Gasteiger partial charge in [0, 0.05) is 37.5 Å². The van der Waals surface area contributed by atoms with Crippen molar-refractivity contribution in [2.75, 3.05) is 27.3 Å². The summed E-state index contributed by atoms with van der Waals surface area (Å²) >= 11 is 6.19. The van der Waals surface area contributed by atoms with Crippen LogP contribution in [0.25, 0.3) is 16.6 Å². The Kier molecular flexibility index (Phi) is 5.24. The Balaban J connectivity index is 1.57. The van der Waals surface area contributed by atoms with Crippen LogP contribution in [0.4, 0.5) is 0 Å². The third-order valence-electron chi connectivity index (χ3n) is 5.28. The highest BCUT2D eigenvalue weighted by atomic mass is 35.5. The van der Waals surface area contributed by atoms with Gasteiger partial charge in [-0.2, -0.15) is 5.10 Å². The topological polar surface area (TPSA) is 56.1 Å². The minimum absolute atomic E-state index is 0.0630. The number of benzene rings is 1. The molecule has 0 bridgehead atoms. The molecule has 7 heteroatoms. The van der Waals surface area contributed by atoms with E-state index < -0.39 is 0 Å². The molecular weight excluding hydrogens is 378 g/mol. The molecule has 6 nitrogen and oxygen atoms in total. The fourth-order valence-electron chi connectivity index (χ4n) is 3.64. The summed E-state index contributed by atoms with van der Waals surface area (Å²) in [4.78, 5) is 14.7. The lowest BCUT2D eigenvalue weighted by molar-refractivity contribution is 0.0351. The summed E-state index contributed by atoms with van der Waals surface area (Å²) < 4.78 is 12.6. The first-order valence-corrected chi connectivity index (χ1v) is 9.62. The summed E-state index contributed by atoms with van der Waals surface area (Å²) in [5.41, 5.74) is 3.33. The van der Waals surface area contributed by atoms with Gasteiger partial charge in [-0.05, 0) is 36.6 Å². The highest BCUT2D eigenvalue weighted by Gasteiger charge is 2.23. The summed E-state index contributed by atoms with van der Waals surface area (Å²) in [5, 5.41) is 4.81. The van der Waals surface area contributed by atoms with E-state index in [1.165, 1.54) is 0 Å². The van der Waals surface area contributed by atoms with Crippen LogP contribution < -0.4 is 4.74 Å². The minimum Gasteiger partial charge on any atom is -0.494 e. The second-order valence-corrected chi connectivity index (χ2v) is 7.29. The number of nitrogens with zero attached hydrogens (tertiary/aromatic N) is 3. The Morgan fingerprint density at radius 2 is 1.86 bits per heavy atom. The number of piperidine rings is 1. The Labute approximate surface area is 168 Å². The molecule has 0 spiro atoms. The third-order valence-corrected chi connectivity index (χ3v) is 5.56. The van der Waals surface area contributed by atoms with Gasteiger partial charge in [-0.1, -0.05) is 23.7 Å². The molecule has 0 unspecified atom stereocenters. The highest BCUT2D eigenvalue weighted by Crippen LogP contribution is 2.32. The lowest BCUT2D eigenvalue weighted by atomic mass is 10.0. The lowest BCUT2D eigenvalue weighted by Crippen LogP contribution is -2.40. The van der Waals surface area contributed by atoms with Gasteiger partial charge in [-0.15, -0.1) is 0 Å². The first-order valence-electron chi connectivity index (χ1n) is 9.24. The first kappa shape index (κ1) is 18.8. The summed E-state index contributed by atoms with van der Waals surface area (Å²) in [5.74, 6) is 0.717. The zero-order valence-corrected chi connectivity index (χ0v) is 16.6. The Morgan fingerprint density at radius 1 is 1.14 bits per heavy atom. The molecule has 1 aliphatic rings. The Bertz CT molecular complexity index is 992. The molecule has 4 rings (SSSR count). The number of likely N-dealkylation sites (tertiary alicyclic amines) is 1.